The lowest BCUT2D eigenvalue weighted by atomic mass is 9.58. The lowest BCUT2D eigenvalue weighted by Crippen LogP contribution is -2.59. The number of allylic oxidation sites excluding steroid dienone is 1. The van der Waals surface area contributed by atoms with Crippen molar-refractivity contribution in [3.63, 3.8) is 0 Å². The molecule has 2 unspecified atom stereocenters. The smallest absolute Gasteiger partial charge is 0.315 e. The molecule has 0 radical (unpaired) electrons. The predicted molar refractivity (Wildman–Crippen MR) is 89.6 cm³/mol. The van der Waals surface area contributed by atoms with E-state index in [0.717, 1.165) is 25.7 Å². The number of carbonyl (C=O) groups excluding carboxylic acids is 2. The molecule has 0 aromatic carbocycles. The van der Waals surface area contributed by atoms with Crippen LogP contribution in [-0.2, 0) is 19.1 Å². The topological polar surface area (TPSA) is 93.1 Å². The van der Waals surface area contributed by atoms with Crippen molar-refractivity contribution in [2.75, 3.05) is 7.11 Å². The summed E-state index contributed by atoms with van der Waals surface area (Å²) < 4.78 is 11.2. The highest BCUT2D eigenvalue weighted by Crippen LogP contribution is 2.77. The summed E-state index contributed by atoms with van der Waals surface area (Å²) in [4.78, 5) is 25.9. The van der Waals surface area contributed by atoms with Crippen molar-refractivity contribution >= 4 is 11.9 Å². The quantitative estimate of drug-likeness (QED) is 0.538. The van der Waals surface area contributed by atoms with Gasteiger partial charge in [-0.1, -0.05) is 12.2 Å². The van der Waals surface area contributed by atoms with E-state index in [1.165, 1.54) is 12.7 Å². The first-order valence-corrected chi connectivity index (χ1v) is 9.57. The van der Waals surface area contributed by atoms with Gasteiger partial charge >= 0.3 is 11.9 Å². The molecular formula is C20H26O6. The van der Waals surface area contributed by atoms with Crippen molar-refractivity contribution in [1.82, 2.24) is 0 Å². The maximum Gasteiger partial charge on any atom is 0.315 e. The Bertz CT molecular complexity index is 732. The standard InChI is InChI=1S/C20H26O6/c1-9-6-19-7-10(9)4-5-12(19)20-8-11(21)15(22)18(2,17(24)26-20)14(20)13(19)16(23)25-3/h10-15,21-22H,1,4-8H2,2-3H3/t10?,11-,12+,13+,14+,15-,18?,19-,20+/m0/s1. The van der Waals surface area contributed by atoms with Gasteiger partial charge in [-0.25, -0.2) is 0 Å². The first-order valence-electron chi connectivity index (χ1n) is 9.57. The van der Waals surface area contributed by atoms with Crippen molar-refractivity contribution in [3.8, 4) is 0 Å². The molecular weight excluding hydrogens is 336 g/mol. The lowest BCUT2D eigenvalue weighted by molar-refractivity contribution is -0.165. The Balaban J connectivity index is 1.76. The van der Waals surface area contributed by atoms with Gasteiger partial charge in [0.05, 0.1) is 25.2 Å². The number of aliphatic hydroxyl groups is 2. The fourth-order valence-corrected chi connectivity index (χ4v) is 7.83. The molecule has 1 aliphatic heterocycles. The maximum atomic E-state index is 13.0. The predicted octanol–water partition coefficient (Wildman–Crippen LogP) is 1.20. The number of carbonyl (C=O) groups is 2. The van der Waals surface area contributed by atoms with Gasteiger partial charge in [-0.15, -0.1) is 0 Å². The fraction of sp³-hybridized carbons (Fsp3) is 0.800. The van der Waals surface area contributed by atoms with E-state index in [2.05, 4.69) is 6.58 Å². The molecule has 9 atom stereocenters. The minimum atomic E-state index is -1.29. The zero-order valence-electron chi connectivity index (χ0n) is 15.2. The van der Waals surface area contributed by atoms with Crippen molar-refractivity contribution in [2.24, 2.45) is 34.5 Å². The van der Waals surface area contributed by atoms with E-state index in [0.29, 0.717) is 5.92 Å². The van der Waals surface area contributed by atoms with Crippen LogP contribution in [0.15, 0.2) is 12.2 Å². The van der Waals surface area contributed by atoms with Gasteiger partial charge in [0.25, 0.3) is 0 Å². The number of ether oxygens (including phenoxy) is 2. The molecule has 26 heavy (non-hydrogen) atoms. The highest BCUT2D eigenvalue weighted by molar-refractivity contribution is 5.86. The number of fused-ring (bicyclic) bond motifs is 1. The van der Waals surface area contributed by atoms with Crippen molar-refractivity contribution in [3.05, 3.63) is 12.2 Å². The van der Waals surface area contributed by atoms with E-state index < -0.39 is 41.0 Å². The second-order valence-electron chi connectivity index (χ2n) is 9.42. The molecule has 2 N–H and O–H groups in total. The number of methoxy groups -OCH3 is 1. The summed E-state index contributed by atoms with van der Waals surface area (Å²) in [6.07, 6.45) is 1.34. The lowest BCUT2D eigenvalue weighted by Gasteiger charge is -2.46. The number of hydrogen-bond acceptors (Lipinski definition) is 6. The Morgan fingerprint density at radius 2 is 2.04 bits per heavy atom. The molecule has 5 rings (SSSR count). The van der Waals surface area contributed by atoms with Gasteiger partial charge in [0.15, 0.2) is 0 Å². The molecule has 5 fully saturated rings. The Labute approximate surface area is 152 Å². The Morgan fingerprint density at radius 3 is 2.73 bits per heavy atom. The van der Waals surface area contributed by atoms with Crippen molar-refractivity contribution < 1.29 is 29.3 Å². The maximum absolute atomic E-state index is 13.0. The third kappa shape index (κ3) is 1.51. The molecule has 1 saturated heterocycles. The van der Waals surface area contributed by atoms with Crippen LogP contribution >= 0.6 is 0 Å². The third-order valence-electron chi connectivity index (χ3n) is 8.66. The van der Waals surface area contributed by atoms with Crippen LogP contribution in [0.25, 0.3) is 0 Å². The summed E-state index contributed by atoms with van der Waals surface area (Å²) in [5.41, 5.74) is -1.35. The average molecular weight is 362 g/mol. The van der Waals surface area contributed by atoms with Gasteiger partial charge in [-0.05, 0) is 43.9 Å². The molecule has 0 amide bonds. The minimum Gasteiger partial charge on any atom is -0.469 e. The fourth-order valence-electron chi connectivity index (χ4n) is 7.83. The van der Waals surface area contributed by atoms with Gasteiger partial charge < -0.3 is 19.7 Å². The van der Waals surface area contributed by atoms with Gasteiger partial charge in [0.2, 0.25) is 0 Å². The highest BCUT2D eigenvalue weighted by atomic mass is 16.6. The number of esters is 2. The van der Waals surface area contributed by atoms with Crippen molar-refractivity contribution in [1.29, 1.82) is 0 Å². The Hall–Kier alpha value is -1.40. The van der Waals surface area contributed by atoms with Gasteiger partial charge in [-0.3, -0.25) is 9.59 Å². The second-order valence-corrected chi connectivity index (χ2v) is 9.42. The molecule has 1 heterocycles. The van der Waals surface area contributed by atoms with E-state index in [-0.39, 0.29) is 23.7 Å². The van der Waals surface area contributed by atoms with Crippen LogP contribution in [0.5, 0.6) is 0 Å². The van der Waals surface area contributed by atoms with Crippen molar-refractivity contribution in [2.45, 2.75) is 56.8 Å². The van der Waals surface area contributed by atoms with Gasteiger partial charge in [0.1, 0.15) is 11.0 Å². The summed E-state index contributed by atoms with van der Waals surface area (Å²) in [6.45, 7) is 5.91. The second kappa shape index (κ2) is 4.71. The van der Waals surface area contributed by atoms with Crippen LogP contribution in [0.4, 0.5) is 0 Å². The Kier molecular flexibility index (Phi) is 3.03. The first kappa shape index (κ1) is 16.8. The van der Waals surface area contributed by atoms with E-state index in [1.54, 1.807) is 6.92 Å². The van der Waals surface area contributed by atoms with Crippen LogP contribution < -0.4 is 0 Å². The molecule has 5 aliphatic rings. The molecule has 6 nitrogen and oxygen atoms in total. The summed E-state index contributed by atoms with van der Waals surface area (Å²) >= 11 is 0. The number of hydrogen-bond donors (Lipinski definition) is 2. The number of rotatable bonds is 1. The number of aliphatic hydroxyl groups excluding tert-OH is 2. The summed E-state index contributed by atoms with van der Waals surface area (Å²) in [5, 5.41) is 21.3. The van der Waals surface area contributed by atoms with Gasteiger partial charge in [0, 0.05) is 18.3 Å². The largest absolute Gasteiger partial charge is 0.469 e. The third-order valence-corrected chi connectivity index (χ3v) is 8.66. The molecule has 4 bridgehead atoms. The van der Waals surface area contributed by atoms with E-state index >= 15 is 0 Å². The van der Waals surface area contributed by atoms with Gasteiger partial charge in [-0.2, -0.15) is 0 Å². The van der Waals surface area contributed by atoms with E-state index in [9.17, 15) is 19.8 Å². The summed E-state index contributed by atoms with van der Waals surface area (Å²) in [7, 11) is 1.38. The Morgan fingerprint density at radius 1 is 1.31 bits per heavy atom. The SMILES string of the molecule is C=C1C[C@]23CC1CC[C@H]2[C@@]12C[C@H](O)[C@H](O)C(C)(C(=O)O1)[C@H]2[C@@H]3C(=O)OC. The normalized spacial score (nSPS) is 56.8. The van der Waals surface area contributed by atoms with Crippen LogP contribution in [-0.4, -0.2) is 47.1 Å². The molecule has 1 spiro atoms. The van der Waals surface area contributed by atoms with Crippen LogP contribution in [0, 0.1) is 34.5 Å². The summed E-state index contributed by atoms with van der Waals surface area (Å²) in [5.74, 6) is -1.42. The van der Waals surface area contributed by atoms with Crippen LogP contribution in [0.2, 0.25) is 0 Å². The zero-order chi connectivity index (χ0) is 18.6. The average Bonchev–Trinajstić information content (AvgIpc) is 3.06. The molecule has 4 aliphatic carbocycles. The van der Waals surface area contributed by atoms with Crippen LogP contribution in [0.3, 0.4) is 0 Å². The van der Waals surface area contributed by atoms with E-state index in [4.69, 9.17) is 9.47 Å². The zero-order valence-corrected chi connectivity index (χ0v) is 15.2. The molecule has 142 valence electrons. The van der Waals surface area contributed by atoms with Crippen LogP contribution in [0.1, 0.15) is 39.0 Å². The molecule has 4 saturated carbocycles. The molecule has 6 heteroatoms. The molecule has 0 aromatic rings. The molecule has 0 aromatic heterocycles. The minimum absolute atomic E-state index is 0.00692. The first-order chi connectivity index (χ1) is 12.2. The highest BCUT2D eigenvalue weighted by Gasteiger charge is 2.84. The monoisotopic (exact) mass is 362 g/mol. The van der Waals surface area contributed by atoms with E-state index in [1.807, 2.05) is 0 Å². The summed E-state index contributed by atoms with van der Waals surface area (Å²) in [6, 6.07) is 0.